The molecule has 0 N–H and O–H groups in total. The van der Waals surface area contributed by atoms with Crippen molar-refractivity contribution in [2.45, 2.75) is 0 Å². The lowest BCUT2D eigenvalue weighted by atomic mass is 9.86. The van der Waals surface area contributed by atoms with Crippen molar-refractivity contribution in [2.75, 3.05) is 4.90 Å². The van der Waals surface area contributed by atoms with Crippen molar-refractivity contribution in [3.05, 3.63) is 279 Å². The molecule has 1 heterocycles. The third-order valence-corrected chi connectivity index (χ3v) is 14.0. The summed E-state index contributed by atoms with van der Waals surface area (Å²) in [5, 5.41) is 7.15. The number of aromatic nitrogens is 1. The first-order valence-corrected chi connectivity index (χ1v) is 24.1. The fourth-order valence-electron chi connectivity index (χ4n) is 10.6. The van der Waals surface area contributed by atoms with Crippen LogP contribution in [0, 0.1) is 0 Å². The smallest absolute Gasteiger partial charge is 0.0619 e. The molecule has 0 fully saturated rings. The van der Waals surface area contributed by atoms with E-state index in [0.717, 1.165) is 22.7 Å². The molecular formula is C68H46N2. The van der Waals surface area contributed by atoms with Gasteiger partial charge in [0.05, 0.1) is 16.7 Å². The second-order valence-electron chi connectivity index (χ2n) is 18.1. The van der Waals surface area contributed by atoms with Gasteiger partial charge in [-0.05, 0) is 127 Å². The van der Waals surface area contributed by atoms with Crippen molar-refractivity contribution in [1.29, 1.82) is 0 Å². The molecule has 70 heavy (non-hydrogen) atoms. The van der Waals surface area contributed by atoms with Gasteiger partial charge in [0.1, 0.15) is 0 Å². The van der Waals surface area contributed by atoms with Crippen LogP contribution in [0.4, 0.5) is 17.1 Å². The third-order valence-electron chi connectivity index (χ3n) is 14.0. The van der Waals surface area contributed by atoms with E-state index in [1.54, 1.807) is 0 Å². The Morgan fingerprint density at radius 1 is 0.229 bits per heavy atom. The van der Waals surface area contributed by atoms with Crippen LogP contribution in [0.5, 0.6) is 0 Å². The second kappa shape index (κ2) is 17.4. The lowest BCUT2D eigenvalue weighted by Crippen LogP contribution is -2.11. The minimum absolute atomic E-state index is 1.09. The zero-order valence-corrected chi connectivity index (χ0v) is 38.5. The predicted octanol–water partition coefficient (Wildman–Crippen LogP) is 18.9. The van der Waals surface area contributed by atoms with E-state index in [1.165, 1.54) is 99.0 Å². The van der Waals surface area contributed by atoms with E-state index in [9.17, 15) is 0 Å². The summed E-state index contributed by atoms with van der Waals surface area (Å²) in [7, 11) is 0. The van der Waals surface area contributed by atoms with Crippen LogP contribution in [-0.2, 0) is 0 Å². The maximum atomic E-state index is 2.50. The molecule has 0 amide bonds. The first-order valence-electron chi connectivity index (χ1n) is 24.1. The topological polar surface area (TPSA) is 8.17 Å². The van der Waals surface area contributed by atoms with Crippen LogP contribution in [0.1, 0.15) is 0 Å². The Morgan fingerprint density at radius 2 is 0.657 bits per heavy atom. The number of nitrogens with zero attached hydrogens (tertiary/aromatic N) is 2. The lowest BCUT2D eigenvalue weighted by Gasteiger charge is -2.30. The average Bonchev–Trinajstić information content (AvgIpc) is 3.78. The molecule has 0 bridgehead atoms. The van der Waals surface area contributed by atoms with Gasteiger partial charge >= 0.3 is 0 Å². The summed E-state index contributed by atoms with van der Waals surface area (Å²) in [5.74, 6) is 0. The summed E-state index contributed by atoms with van der Waals surface area (Å²) >= 11 is 0. The van der Waals surface area contributed by atoms with Crippen molar-refractivity contribution in [2.24, 2.45) is 0 Å². The van der Waals surface area contributed by atoms with Gasteiger partial charge in [0, 0.05) is 38.6 Å². The Balaban J connectivity index is 1.08. The van der Waals surface area contributed by atoms with Gasteiger partial charge in [-0.2, -0.15) is 0 Å². The van der Waals surface area contributed by atoms with E-state index in [4.69, 9.17) is 0 Å². The second-order valence-corrected chi connectivity index (χ2v) is 18.1. The van der Waals surface area contributed by atoms with Crippen LogP contribution >= 0.6 is 0 Å². The van der Waals surface area contributed by atoms with Crippen LogP contribution in [0.3, 0.4) is 0 Å². The van der Waals surface area contributed by atoms with Gasteiger partial charge in [0.2, 0.25) is 0 Å². The molecule has 0 aliphatic carbocycles. The van der Waals surface area contributed by atoms with E-state index in [-0.39, 0.29) is 0 Å². The van der Waals surface area contributed by atoms with Gasteiger partial charge in [-0.15, -0.1) is 0 Å². The molecule has 13 rings (SSSR count). The number of hydrogen-bond acceptors (Lipinski definition) is 1. The van der Waals surface area contributed by atoms with E-state index < -0.39 is 0 Å². The van der Waals surface area contributed by atoms with E-state index in [1.807, 2.05) is 0 Å². The van der Waals surface area contributed by atoms with E-state index in [0.29, 0.717) is 0 Å². The molecule has 0 saturated carbocycles. The van der Waals surface area contributed by atoms with Crippen molar-refractivity contribution in [3.8, 4) is 61.3 Å². The Kier molecular flexibility index (Phi) is 10.2. The predicted molar refractivity (Wildman–Crippen MR) is 298 cm³/mol. The quantitative estimate of drug-likeness (QED) is 0.131. The van der Waals surface area contributed by atoms with Crippen molar-refractivity contribution in [3.63, 3.8) is 0 Å². The Morgan fingerprint density at radius 3 is 1.24 bits per heavy atom. The molecule has 1 aromatic heterocycles. The van der Waals surface area contributed by atoms with Gasteiger partial charge in [-0.3, -0.25) is 0 Å². The van der Waals surface area contributed by atoms with Crippen LogP contribution in [-0.4, -0.2) is 4.57 Å². The minimum Gasteiger partial charge on any atom is -0.309 e. The van der Waals surface area contributed by atoms with Gasteiger partial charge < -0.3 is 9.47 Å². The molecule has 13 aromatic rings. The molecule has 0 aliphatic rings. The number of hydrogen-bond donors (Lipinski definition) is 0. The summed E-state index contributed by atoms with van der Waals surface area (Å²) < 4.78 is 2.39. The van der Waals surface area contributed by atoms with Crippen LogP contribution in [0.15, 0.2) is 279 Å². The highest BCUT2D eigenvalue weighted by Gasteiger charge is 2.25. The number of benzene rings is 12. The standard InChI is InChI=1S/C68H46N2/c1-6-18-47(19-7-1)50-30-32-51(33-31-50)52-34-36-53(37-35-52)67-60-41-38-55(49-22-10-3-11-23-49)45-64(60)68(61-42-39-54(44-63(61)67)48-20-8-2-9-21-48)69(56-24-12-4-13-25-56)58-40-43-66-62(46-58)59-28-16-17-29-65(59)70(66)57-26-14-5-15-27-57/h1-46H. The number of rotatable bonds is 9. The van der Waals surface area contributed by atoms with E-state index >= 15 is 0 Å². The molecule has 0 aliphatic heterocycles. The monoisotopic (exact) mass is 890 g/mol. The number of fused-ring (bicyclic) bond motifs is 5. The van der Waals surface area contributed by atoms with Crippen LogP contribution in [0.2, 0.25) is 0 Å². The number of anilines is 3. The first-order chi connectivity index (χ1) is 34.7. The molecule has 0 unspecified atom stereocenters. The highest BCUT2D eigenvalue weighted by Crippen LogP contribution is 2.50. The largest absolute Gasteiger partial charge is 0.309 e. The fraction of sp³-hybridized carbons (Fsp3) is 0. The SMILES string of the molecule is c1ccc(-c2ccc(-c3ccc(-c4c5cc(-c6ccccc6)ccc5c(N(c5ccccc5)c5ccc6c(c5)c5ccccc5n6-c5ccccc5)c5cc(-c6ccccc6)ccc45)cc3)cc2)cc1. The van der Waals surface area contributed by atoms with Gasteiger partial charge in [0.15, 0.2) is 0 Å². The van der Waals surface area contributed by atoms with Gasteiger partial charge in [0.25, 0.3) is 0 Å². The highest BCUT2D eigenvalue weighted by atomic mass is 15.1. The molecule has 0 saturated heterocycles. The maximum absolute atomic E-state index is 2.50. The summed E-state index contributed by atoms with van der Waals surface area (Å²) in [5.41, 5.74) is 18.7. The summed E-state index contributed by atoms with van der Waals surface area (Å²) in [4.78, 5) is 2.50. The molecule has 0 spiro atoms. The van der Waals surface area contributed by atoms with Gasteiger partial charge in [-0.1, -0.05) is 218 Å². The van der Waals surface area contributed by atoms with Crippen molar-refractivity contribution >= 4 is 60.4 Å². The normalized spacial score (nSPS) is 11.4. The Hall–Kier alpha value is -9.24. The van der Waals surface area contributed by atoms with Crippen molar-refractivity contribution in [1.82, 2.24) is 4.57 Å². The fourth-order valence-corrected chi connectivity index (χ4v) is 10.6. The lowest BCUT2D eigenvalue weighted by molar-refractivity contribution is 1.18. The minimum atomic E-state index is 1.09. The molecular weight excluding hydrogens is 845 g/mol. The molecule has 0 atom stereocenters. The molecule has 0 radical (unpaired) electrons. The zero-order chi connectivity index (χ0) is 46.4. The van der Waals surface area contributed by atoms with Crippen LogP contribution in [0.25, 0.3) is 105 Å². The Labute approximate surface area is 408 Å². The summed E-state index contributed by atoms with van der Waals surface area (Å²) in [6.07, 6.45) is 0. The zero-order valence-electron chi connectivity index (χ0n) is 38.5. The summed E-state index contributed by atoms with van der Waals surface area (Å²) in [6, 6.07) is 102. The molecule has 2 nitrogen and oxygen atoms in total. The summed E-state index contributed by atoms with van der Waals surface area (Å²) in [6.45, 7) is 0. The number of para-hydroxylation sites is 3. The molecule has 12 aromatic carbocycles. The molecule has 328 valence electrons. The average molecular weight is 891 g/mol. The van der Waals surface area contributed by atoms with Crippen molar-refractivity contribution < 1.29 is 0 Å². The Bertz CT molecular complexity index is 3990. The highest BCUT2D eigenvalue weighted by molar-refractivity contribution is 6.24. The van der Waals surface area contributed by atoms with Crippen LogP contribution < -0.4 is 4.90 Å². The maximum Gasteiger partial charge on any atom is 0.0619 e. The van der Waals surface area contributed by atoms with Gasteiger partial charge in [-0.25, -0.2) is 0 Å². The third kappa shape index (κ3) is 7.22. The first kappa shape index (κ1) is 41.0. The van der Waals surface area contributed by atoms with E-state index in [2.05, 4.69) is 289 Å². The molecule has 2 heteroatoms.